The molecule has 2 aliphatic rings. The number of carbonyl (C=O) groups excluding carboxylic acids is 2. The minimum absolute atomic E-state index is 0.0109. The van der Waals surface area contributed by atoms with Gasteiger partial charge in [-0.2, -0.15) is 0 Å². The van der Waals surface area contributed by atoms with E-state index in [-0.39, 0.29) is 17.4 Å². The lowest BCUT2D eigenvalue weighted by Gasteiger charge is -2.31. The van der Waals surface area contributed by atoms with Crippen molar-refractivity contribution in [3.63, 3.8) is 0 Å². The minimum atomic E-state index is -0.765. The summed E-state index contributed by atoms with van der Waals surface area (Å²) in [6.45, 7) is 7.63. The van der Waals surface area contributed by atoms with E-state index in [2.05, 4.69) is 4.90 Å². The average Bonchev–Trinajstić information content (AvgIpc) is 3.12. The van der Waals surface area contributed by atoms with E-state index in [0.717, 1.165) is 13.1 Å². The first kappa shape index (κ1) is 24.8. The molecule has 2 aliphatic heterocycles. The highest BCUT2D eigenvalue weighted by atomic mass is 16.5. The predicted octanol–water partition coefficient (Wildman–Crippen LogP) is 3.24. The molecule has 35 heavy (non-hydrogen) atoms. The number of amides is 1. The Kier molecular flexibility index (Phi) is 7.73. The first-order chi connectivity index (χ1) is 16.9. The van der Waals surface area contributed by atoms with Crippen molar-refractivity contribution in [3.05, 3.63) is 65.2 Å². The summed E-state index contributed by atoms with van der Waals surface area (Å²) in [6.07, 6.45) is 0.0109. The Morgan fingerprint density at radius 3 is 2.40 bits per heavy atom. The van der Waals surface area contributed by atoms with Gasteiger partial charge in [0.05, 0.1) is 38.0 Å². The molecule has 2 heterocycles. The lowest BCUT2D eigenvalue weighted by Crippen LogP contribution is -2.42. The second-order valence-corrected chi connectivity index (χ2v) is 8.88. The molecule has 4 rings (SSSR count). The summed E-state index contributed by atoms with van der Waals surface area (Å²) in [7, 11) is 1.55. The van der Waals surface area contributed by atoms with Crippen LogP contribution < -0.4 is 9.47 Å². The fourth-order valence-corrected chi connectivity index (χ4v) is 4.52. The van der Waals surface area contributed by atoms with Crippen LogP contribution in [-0.4, -0.2) is 79.2 Å². The van der Waals surface area contributed by atoms with Gasteiger partial charge in [-0.15, -0.1) is 0 Å². The molecule has 0 saturated carbocycles. The highest BCUT2D eigenvalue weighted by molar-refractivity contribution is 6.46. The van der Waals surface area contributed by atoms with Crippen LogP contribution in [0, 0.1) is 0 Å². The van der Waals surface area contributed by atoms with E-state index in [1.807, 2.05) is 32.0 Å². The second kappa shape index (κ2) is 10.9. The number of hydrogen-bond acceptors (Lipinski definition) is 7. The summed E-state index contributed by atoms with van der Waals surface area (Å²) in [6, 6.07) is 13.4. The van der Waals surface area contributed by atoms with Crippen LogP contribution in [-0.2, 0) is 14.3 Å². The summed E-state index contributed by atoms with van der Waals surface area (Å²) >= 11 is 0. The van der Waals surface area contributed by atoms with Crippen molar-refractivity contribution in [1.82, 2.24) is 9.80 Å². The highest BCUT2D eigenvalue weighted by Crippen LogP contribution is 2.42. The molecule has 2 fully saturated rings. The number of benzene rings is 2. The van der Waals surface area contributed by atoms with Gasteiger partial charge < -0.3 is 24.2 Å². The van der Waals surface area contributed by atoms with Crippen molar-refractivity contribution in [2.45, 2.75) is 26.0 Å². The Morgan fingerprint density at radius 2 is 1.74 bits per heavy atom. The van der Waals surface area contributed by atoms with E-state index < -0.39 is 17.7 Å². The lowest BCUT2D eigenvalue weighted by atomic mass is 9.94. The van der Waals surface area contributed by atoms with Crippen molar-refractivity contribution in [3.8, 4) is 11.5 Å². The van der Waals surface area contributed by atoms with Gasteiger partial charge in [0.1, 0.15) is 17.3 Å². The van der Waals surface area contributed by atoms with E-state index in [0.29, 0.717) is 48.9 Å². The smallest absolute Gasteiger partial charge is 0.295 e. The number of nitrogens with zero attached hydrogens (tertiary/aromatic N) is 2. The van der Waals surface area contributed by atoms with Crippen molar-refractivity contribution in [2.75, 3.05) is 46.5 Å². The molecule has 0 aliphatic carbocycles. The molecule has 1 amide bonds. The number of likely N-dealkylation sites (tertiary alicyclic amines) is 1. The fraction of sp³-hybridized carbons (Fsp3) is 0.407. The van der Waals surface area contributed by atoms with Gasteiger partial charge in [0, 0.05) is 37.3 Å². The van der Waals surface area contributed by atoms with Crippen molar-refractivity contribution < 1.29 is 28.9 Å². The van der Waals surface area contributed by atoms with Crippen LogP contribution in [0.5, 0.6) is 11.5 Å². The first-order valence-corrected chi connectivity index (χ1v) is 11.9. The number of carbonyl (C=O) groups is 2. The Morgan fingerprint density at radius 1 is 1.06 bits per heavy atom. The number of morpholine rings is 1. The number of hydrogen-bond donors (Lipinski definition) is 1. The molecule has 2 saturated heterocycles. The third kappa shape index (κ3) is 5.33. The van der Waals surface area contributed by atoms with E-state index >= 15 is 0 Å². The predicted molar refractivity (Wildman–Crippen MR) is 131 cm³/mol. The fourth-order valence-electron chi connectivity index (χ4n) is 4.52. The summed E-state index contributed by atoms with van der Waals surface area (Å²) in [4.78, 5) is 30.2. The van der Waals surface area contributed by atoms with Gasteiger partial charge in [-0.1, -0.05) is 18.2 Å². The normalized spacial score (nSPS) is 20.5. The average molecular weight is 481 g/mol. The third-order valence-corrected chi connectivity index (χ3v) is 6.23. The Hall–Kier alpha value is -3.36. The Bertz CT molecular complexity index is 1090. The minimum Gasteiger partial charge on any atom is -0.507 e. The number of aliphatic hydroxyl groups excluding tert-OH is 1. The monoisotopic (exact) mass is 480 g/mol. The largest absolute Gasteiger partial charge is 0.507 e. The van der Waals surface area contributed by atoms with Gasteiger partial charge in [0.25, 0.3) is 11.7 Å². The summed E-state index contributed by atoms with van der Waals surface area (Å²) in [5, 5.41) is 11.3. The Balaban J connectivity index is 1.73. The zero-order chi connectivity index (χ0) is 24.9. The van der Waals surface area contributed by atoms with Crippen LogP contribution in [0.2, 0.25) is 0 Å². The molecule has 0 radical (unpaired) electrons. The molecule has 1 N–H and O–H groups in total. The van der Waals surface area contributed by atoms with E-state index in [9.17, 15) is 14.7 Å². The SMILES string of the molecule is COc1ccccc1[C@H]1C(=C(O)c2ccc(OC(C)C)cc2)C(=O)C(=O)N1CCN1CCOCC1. The molecule has 2 aromatic rings. The Labute approximate surface area is 205 Å². The zero-order valence-electron chi connectivity index (χ0n) is 20.4. The molecule has 0 spiro atoms. The van der Waals surface area contributed by atoms with Gasteiger partial charge in [0.15, 0.2) is 0 Å². The van der Waals surface area contributed by atoms with Crippen LogP contribution in [0.3, 0.4) is 0 Å². The standard InChI is InChI=1S/C27H32N2O6/c1-18(2)35-20-10-8-19(9-11-20)25(30)23-24(21-6-4-5-7-22(21)33-3)29(27(32)26(23)31)13-12-28-14-16-34-17-15-28/h4-11,18,24,30H,12-17H2,1-3H3/t24-/m0/s1. The summed E-state index contributed by atoms with van der Waals surface area (Å²) in [5.41, 5.74) is 1.14. The molecule has 0 aromatic heterocycles. The number of para-hydroxylation sites is 1. The van der Waals surface area contributed by atoms with Gasteiger partial charge in [-0.25, -0.2) is 0 Å². The van der Waals surface area contributed by atoms with Crippen LogP contribution in [0.4, 0.5) is 0 Å². The number of aliphatic hydroxyl groups is 1. The van der Waals surface area contributed by atoms with Crippen molar-refractivity contribution in [2.24, 2.45) is 0 Å². The van der Waals surface area contributed by atoms with E-state index in [1.54, 1.807) is 37.4 Å². The highest BCUT2D eigenvalue weighted by Gasteiger charge is 2.47. The maximum atomic E-state index is 13.3. The van der Waals surface area contributed by atoms with Gasteiger partial charge in [0.2, 0.25) is 0 Å². The molecular formula is C27H32N2O6. The molecule has 2 aromatic carbocycles. The topological polar surface area (TPSA) is 88.5 Å². The summed E-state index contributed by atoms with van der Waals surface area (Å²) in [5.74, 6) is -0.353. The quantitative estimate of drug-likeness (QED) is 0.353. The maximum absolute atomic E-state index is 13.3. The summed E-state index contributed by atoms with van der Waals surface area (Å²) < 4.78 is 16.7. The van der Waals surface area contributed by atoms with Crippen molar-refractivity contribution >= 4 is 17.4 Å². The molecule has 0 unspecified atom stereocenters. The number of rotatable bonds is 8. The van der Waals surface area contributed by atoms with Gasteiger partial charge in [-0.3, -0.25) is 14.5 Å². The van der Waals surface area contributed by atoms with Crippen molar-refractivity contribution in [1.29, 1.82) is 0 Å². The molecular weight excluding hydrogens is 448 g/mol. The second-order valence-electron chi connectivity index (χ2n) is 8.88. The van der Waals surface area contributed by atoms with E-state index in [1.165, 1.54) is 4.90 Å². The number of ketones is 1. The number of ether oxygens (including phenoxy) is 3. The zero-order valence-corrected chi connectivity index (χ0v) is 20.4. The van der Waals surface area contributed by atoms with Crippen LogP contribution >= 0.6 is 0 Å². The van der Waals surface area contributed by atoms with Gasteiger partial charge in [-0.05, 0) is 44.2 Å². The number of methoxy groups -OCH3 is 1. The van der Waals surface area contributed by atoms with Crippen LogP contribution in [0.1, 0.15) is 31.0 Å². The van der Waals surface area contributed by atoms with Crippen LogP contribution in [0.15, 0.2) is 54.1 Å². The molecule has 1 atom stereocenters. The van der Waals surface area contributed by atoms with Crippen LogP contribution in [0.25, 0.3) is 5.76 Å². The maximum Gasteiger partial charge on any atom is 0.295 e. The third-order valence-electron chi connectivity index (χ3n) is 6.23. The molecule has 8 heteroatoms. The molecule has 186 valence electrons. The number of Topliss-reactive ketones (excluding diaryl/α,β-unsaturated/α-hetero) is 1. The first-order valence-electron chi connectivity index (χ1n) is 11.9. The molecule has 8 nitrogen and oxygen atoms in total. The lowest BCUT2D eigenvalue weighted by molar-refractivity contribution is -0.140. The van der Waals surface area contributed by atoms with E-state index in [4.69, 9.17) is 14.2 Å². The van der Waals surface area contributed by atoms with Gasteiger partial charge >= 0.3 is 0 Å². The molecule has 0 bridgehead atoms.